The lowest BCUT2D eigenvalue weighted by Crippen LogP contribution is -2.27. The zero-order chi connectivity index (χ0) is 15.0. The molecule has 112 valence electrons. The molecule has 0 saturated carbocycles. The van der Waals surface area contributed by atoms with E-state index in [9.17, 15) is 18.5 Å². The van der Waals surface area contributed by atoms with Crippen LogP contribution in [0.2, 0.25) is 0 Å². The summed E-state index contributed by atoms with van der Waals surface area (Å²) in [5.41, 5.74) is 0.0141. The van der Waals surface area contributed by atoms with Crippen LogP contribution in [0.25, 0.3) is 0 Å². The van der Waals surface area contributed by atoms with E-state index in [2.05, 4.69) is 5.32 Å². The first-order valence-electron chi connectivity index (χ1n) is 6.23. The van der Waals surface area contributed by atoms with Gasteiger partial charge in [-0.05, 0) is 12.1 Å². The molecule has 0 heterocycles. The van der Waals surface area contributed by atoms with Crippen LogP contribution in [0.3, 0.4) is 0 Å². The van der Waals surface area contributed by atoms with Gasteiger partial charge in [0.2, 0.25) is 0 Å². The maximum Gasteiger partial charge on any atom is 0.269 e. The van der Waals surface area contributed by atoms with Gasteiger partial charge < -0.3 is 10.1 Å². The highest BCUT2D eigenvalue weighted by Crippen LogP contribution is 2.16. The normalized spacial score (nSPS) is 11.2. The second kappa shape index (κ2) is 7.81. The number of hydrogen-bond acceptors (Lipinski definition) is 6. The van der Waals surface area contributed by atoms with Crippen LogP contribution in [0.4, 0.5) is 5.69 Å². The fourth-order valence-corrected chi connectivity index (χ4v) is 2.15. The van der Waals surface area contributed by atoms with Gasteiger partial charge in [-0.1, -0.05) is 6.92 Å². The first kappa shape index (κ1) is 16.4. The second-order valence-corrected chi connectivity index (χ2v) is 6.56. The lowest BCUT2D eigenvalue weighted by atomic mass is 10.3. The summed E-state index contributed by atoms with van der Waals surface area (Å²) in [6, 6.07) is 5.80. The van der Waals surface area contributed by atoms with Gasteiger partial charge in [-0.15, -0.1) is 0 Å². The van der Waals surface area contributed by atoms with Gasteiger partial charge in [-0.25, -0.2) is 8.42 Å². The number of nitrogens with one attached hydrogen (secondary N) is 1. The van der Waals surface area contributed by atoms with E-state index in [1.54, 1.807) is 6.92 Å². The van der Waals surface area contributed by atoms with Crippen molar-refractivity contribution in [2.75, 3.05) is 31.2 Å². The standard InChI is InChI=1S/C12H18N2O5S/c1-2-20(17,18)10-8-13-7-9-19-12-5-3-11(4-6-12)14(15)16/h3-6,13H,2,7-10H2,1H3. The fraction of sp³-hybridized carbons (Fsp3) is 0.500. The molecule has 0 saturated heterocycles. The molecule has 1 rings (SSSR count). The highest BCUT2D eigenvalue weighted by molar-refractivity contribution is 7.91. The van der Waals surface area contributed by atoms with Gasteiger partial charge in [0.15, 0.2) is 9.84 Å². The van der Waals surface area contributed by atoms with Crippen molar-refractivity contribution < 1.29 is 18.1 Å². The molecule has 0 atom stereocenters. The minimum Gasteiger partial charge on any atom is -0.492 e. The summed E-state index contributed by atoms with van der Waals surface area (Å²) in [6.45, 7) is 2.88. The topological polar surface area (TPSA) is 98.5 Å². The molecule has 7 nitrogen and oxygen atoms in total. The van der Waals surface area contributed by atoms with Gasteiger partial charge in [0, 0.05) is 31.0 Å². The van der Waals surface area contributed by atoms with Crippen molar-refractivity contribution in [3.63, 3.8) is 0 Å². The lowest BCUT2D eigenvalue weighted by molar-refractivity contribution is -0.384. The number of rotatable bonds is 9. The first-order chi connectivity index (χ1) is 9.44. The van der Waals surface area contributed by atoms with Crippen molar-refractivity contribution in [2.45, 2.75) is 6.92 Å². The predicted octanol–water partition coefficient (Wildman–Crippen LogP) is 0.998. The Morgan fingerprint density at radius 3 is 2.45 bits per heavy atom. The van der Waals surface area contributed by atoms with Crippen LogP contribution in [0.1, 0.15) is 6.92 Å². The first-order valence-corrected chi connectivity index (χ1v) is 8.05. The van der Waals surface area contributed by atoms with E-state index < -0.39 is 14.8 Å². The number of benzene rings is 1. The monoisotopic (exact) mass is 302 g/mol. The highest BCUT2D eigenvalue weighted by atomic mass is 32.2. The third kappa shape index (κ3) is 5.98. The van der Waals surface area contributed by atoms with Crippen molar-refractivity contribution in [1.29, 1.82) is 0 Å². The Bertz CT molecular complexity index is 527. The summed E-state index contributed by atoms with van der Waals surface area (Å²) in [5, 5.41) is 13.4. The van der Waals surface area contributed by atoms with Crippen molar-refractivity contribution >= 4 is 15.5 Å². The Morgan fingerprint density at radius 1 is 1.25 bits per heavy atom. The van der Waals surface area contributed by atoms with Crippen LogP contribution < -0.4 is 10.1 Å². The van der Waals surface area contributed by atoms with E-state index in [4.69, 9.17) is 4.74 Å². The number of nitro groups is 1. The molecule has 1 aromatic carbocycles. The fourth-order valence-electron chi connectivity index (χ4n) is 1.40. The van der Waals surface area contributed by atoms with E-state index in [1.165, 1.54) is 24.3 Å². The zero-order valence-corrected chi connectivity index (χ0v) is 12.1. The molecule has 0 spiro atoms. The largest absolute Gasteiger partial charge is 0.492 e. The molecule has 0 unspecified atom stereocenters. The van der Waals surface area contributed by atoms with Crippen LogP contribution in [0.15, 0.2) is 24.3 Å². The second-order valence-electron chi connectivity index (χ2n) is 4.09. The Hall–Kier alpha value is -1.67. The number of nitrogens with zero attached hydrogens (tertiary/aromatic N) is 1. The summed E-state index contributed by atoms with van der Waals surface area (Å²) in [6.07, 6.45) is 0. The van der Waals surface area contributed by atoms with Gasteiger partial charge in [-0.2, -0.15) is 0 Å². The van der Waals surface area contributed by atoms with Gasteiger partial charge >= 0.3 is 0 Å². The van der Waals surface area contributed by atoms with E-state index >= 15 is 0 Å². The molecule has 0 bridgehead atoms. The molecular weight excluding hydrogens is 284 g/mol. The minimum atomic E-state index is -2.94. The van der Waals surface area contributed by atoms with Crippen LogP contribution in [-0.2, 0) is 9.84 Å². The SMILES string of the molecule is CCS(=O)(=O)CCNCCOc1ccc([N+](=O)[O-])cc1. The molecule has 1 N–H and O–H groups in total. The quantitative estimate of drug-likeness (QED) is 0.415. The molecule has 0 aromatic heterocycles. The molecule has 0 aliphatic carbocycles. The van der Waals surface area contributed by atoms with Gasteiger partial charge in [-0.3, -0.25) is 10.1 Å². The molecule has 20 heavy (non-hydrogen) atoms. The molecule has 1 aromatic rings. The average Bonchev–Trinajstić information content (AvgIpc) is 2.43. The van der Waals surface area contributed by atoms with Crippen molar-refractivity contribution in [2.24, 2.45) is 0 Å². The van der Waals surface area contributed by atoms with Gasteiger partial charge in [0.1, 0.15) is 12.4 Å². The van der Waals surface area contributed by atoms with Crippen LogP contribution >= 0.6 is 0 Å². The summed E-state index contributed by atoms with van der Waals surface area (Å²) in [5.74, 6) is 0.799. The number of sulfone groups is 1. The number of nitro benzene ring substituents is 1. The Balaban J connectivity index is 2.20. The molecule has 0 radical (unpaired) electrons. The summed E-state index contributed by atoms with van der Waals surface area (Å²) < 4.78 is 27.8. The molecule has 8 heteroatoms. The molecular formula is C12H18N2O5S. The van der Waals surface area contributed by atoms with E-state index in [0.29, 0.717) is 25.4 Å². The Morgan fingerprint density at radius 2 is 1.90 bits per heavy atom. The Labute approximate surface area is 118 Å². The summed E-state index contributed by atoms with van der Waals surface area (Å²) >= 11 is 0. The molecule has 0 fully saturated rings. The van der Waals surface area contributed by atoms with Crippen LogP contribution in [0.5, 0.6) is 5.75 Å². The van der Waals surface area contributed by atoms with Gasteiger partial charge in [0.25, 0.3) is 5.69 Å². The van der Waals surface area contributed by atoms with Gasteiger partial charge in [0.05, 0.1) is 10.7 Å². The molecule has 0 aliphatic heterocycles. The third-order valence-corrected chi connectivity index (χ3v) is 4.33. The smallest absolute Gasteiger partial charge is 0.269 e. The molecule has 0 aliphatic rings. The lowest BCUT2D eigenvalue weighted by Gasteiger charge is -2.07. The minimum absolute atomic E-state index is 0.0141. The number of non-ortho nitro benzene ring substituents is 1. The average molecular weight is 302 g/mol. The van der Waals surface area contributed by atoms with Crippen molar-refractivity contribution in [3.05, 3.63) is 34.4 Å². The van der Waals surface area contributed by atoms with Crippen LogP contribution in [-0.4, -0.2) is 44.5 Å². The maximum atomic E-state index is 11.2. The van der Waals surface area contributed by atoms with E-state index in [-0.39, 0.29) is 17.2 Å². The maximum absolute atomic E-state index is 11.2. The summed E-state index contributed by atoms with van der Waals surface area (Å²) in [4.78, 5) is 9.98. The molecule has 0 amide bonds. The van der Waals surface area contributed by atoms with Crippen molar-refractivity contribution in [3.8, 4) is 5.75 Å². The predicted molar refractivity (Wildman–Crippen MR) is 75.8 cm³/mol. The number of ether oxygens (including phenoxy) is 1. The van der Waals surface area contributed by atoms with E-state index in [1.807, 2.05) is 0 Å². The van der Waals surface area contributed by atoms with Crippen LogP contribution in [0, 0.1) is 10.1 Å². The Kier molecular flexibility index (Phi) is 6.40. The zero-order valence-electron chi connectivity index (χ0n) is 11.2. The van der Waals surface area contributed by atoms with Crippen molar-refractivity contribution in [1.82, 2.24) is 5.32 Å². The number of hydrogen-bond donors (Lipinski definition) is 1. The summed E-state index contributed by atoms with van der Waals surface area (Å²) in [7, 11) is -2.94. The third-order valence-electron chi connectivity index (χ3n) is 2.62. The van der Waals surface area contributed by atoms with E-state index in [0.717, 1.165) is 0 Å². The highest BCUT2D eigenvalue weighted by Gasteiger charge is 2.06.